The van der Waals surface area contributed by atoms with Crippen molar-refractivity contribution in [3.8, 4) is 11.1 Å². The normalized spacial score (nSPS) is 11.8. The summed E-state index contributed by atoms with van der Waals surface area (Å²) in [6.07, 6.45) is -5.90. The first-order valence-electron chi connectivity index (χ1n) is 11.7. The molecule has 3 aromatic rings. The van der Waals surface area contributed by atoms with Gasteiger partial charge in [-0.2, -0.15) is 13.2 Å². The maximum atomic E-state index is 12.2. The van der Waals surface area contributed by atoms with Crippen LogP contribution in [0.4, 0.5) is 18.0 Å². The number of carbonyl (C=O) groups is 3. The van der Waals surface area contributed by atoms with E-state index in [1.54, 1.807) is 66.7 Å². The van der Waals surface area contributed by atoms with E-state index < -0.39 is 40.2 Å². The van der Waals surface area contributed by atoms with E-state index in [2.05, 4.69) is 5.32 Å². The Morgan fingerprint density at radius 3 is 2.12 bits per heavy atom. The molecule has 0 radical (unpaired) electrons. The maximum Gasteiger partial charge on any atom is 0.490 e. The molecular weight excluding hydrogens is 583 g/mol. The summed E-state index contributed by atoms with van der Waals surface area (Å²) < 4.78 is 60.5. The fourth-order valence-electron chi connectivity index (χ4n) is 3.32. The summed E-state index contributed by atoms with van der Waals surface area (Å²) in [5.74, 6) is -3.57. The number of ether oxygens (including phenoxy) is 1. The van der Waals surface area contributed by atoms with Crippen molar-refractivity contribution >= 4 is 33.8 Å². The molecule has 12 nitrogen and oxygen atoms in total. The van der Waals surface area contributed by atoms with Crippen LogP contribution in [-0.4, -0.2) is 49.5 Å². The number of carboxylic acid groups (broad SMARTS) is 1. The Morgan fingerprint density at radius 1 is 0.976 bits per heavy atom. The Labute approximate surface area is 237 Å². The Hall–Kier alpha value is -4.80. The highest BCUT2D eigenvalue weighted by Gasteiger charge is 2.38. The van der Waals surface area contributed by atoms with Crippen LogP contribution in [0.3, 0.4) is 0 Å². The van der Waals surface area contributed by atoms with Crippen molar-refractivity contribution in [2.45, 2.75) is 30.1 Å². The van der Waals surface area contributed by atoms with Gasteiger partial charge in [0.25, 0.3) is 0 Å². The molecule has 1 atom stereocenters. The fraction of sp³-hybridized carbons (Fsp3) is 0.154. The smallest absolute Gasteiger partial charge is 0.475 e. The van der Waals surface area contributed by atoms with E-state index in [1.165, 1.54) is 6.07 Å². The van der Waals surface area contributed by atoms with Gasteiger partial charge in [0.1, 0.15) is 12.4 Å². The van der Waals surface area contributed by atoms with E-state index in [4.69, 9.17) is 36.7 Å². The molecule has 3 aromatic carbocycles. The van der Waals surface area contributed by atoms with Crippen molar-refractivity contribution in [1.29, 1.82) is 5.41 Å². The Balaban J connectivity index is 0.000000782. The number of sulfonamides is 1. The molecule has 0 aliphatic carbocycles. The summed E-state index contributed by atoms with van der Waals surface area (Å²) in [5, 5.41) is 22.0. The molecule has 0 saturated carbocycles. The number of benzene rings is 3. The molecule has 224 valence electrons. The summed E-state index contributed by atoms with van der Waals surface area (Å²) in [7, 11) is -3.89. The van der Waals surface area contributed by atoms with Gasteiger partial charge in [-0.15, -0.1) is 0 Å². The quantitative estimate of drug-likeness (QED) is 0.162. The molecular formula is C26H26F3N5O7S. The molecule has 0 fully saturated rings. The summed E-state index contributed by atoms with van der Waals surface area (Å²) in [4.78, 5) is 33.2. The zero-order valence-corrected chi connectivity index (χ0v) is 22.4. The van der Waals surface area contributed by atoms with Crippen LogP contribution < -0.4 is 21.9 Å². The highest BCUT2D eigenvalue weighted by molar-refractivity contribution is 7.89. The number of alkyl carbamates (subject to hydrolysis) is 1. The largest absolute Gasteiger partial charge is 0.490 e. The second-order valence-electron chi connectivity index (χ2n) is 8.53. The zero-order valence-electron chi connectivity index (χ0n) is 21.6. The predicted molar refractivity (Wildman–Crippen MR) is 144 cm³/mol. The Morgan fingerprint density at radius 2 is 1.57 bits per heavy atom. The van der Waals surface area contributed by atoms with Crippen molar-refractivity contribution in [2.24, 2.45) is 16.6 Å². The third-order valence-electron chi connectivity index (χ3n) is 5.33. The number of carboxylic acids is 1. The van der Waals surface area contributed by atoms with E-state index in [1.807, 2.05) is 0 Å². The first-order valence-corrected chi connectivity index (χ1v) is 13.2. The number of amidine groups is 1. The van der Waals surface area contributed by atoms with Crippen LogP contribution in [0.5, 0.6) is 0 Å². The standard InChI is InChI=1S/C24H25N5O5S.C2HF3O2/c25-20(13-16-4-3-5-18(12-16)22(26)27)23(30)29-24(31)34-14-15-8-10-17(11-9-15)19-6-1-2-7-21(19)35(28,32)33;3-2(4,5)1(6)7/h1-12,20H,13-14,25H2,(H3,26,27)(H2,28,32,33)(H,29,30,31);(H,6,7)/t20-;/m0./s1. The van der Waals surface area contributed by atoms with Crippen LogP contribution in [0.15, 0.2) is 77.7 Å². The van der Waals surface area contributed by atoms with Crippen LogP contribution in [0.1, 0.15) is 16.7 Å². The number of nitrogen functional groups attached to an aromatic ring is 1. The summed E-state index contributed by atoms with van der Waals surface area (Å²) in [6.45, 7) is -0.119. The van der Waals surface area contributed by atoms with Gasteiger partial charge in [0, 0.05) is 11.1 Å². The number of hydrogen-bond donors (Lipinski definition) is 6. The average molecular weight is 610 g/mol. The number of carbonyl (C=O) groups excluding carboxylic acids is 2. The minimum Gasteiger partial charge on any atom is -0.475 e. The highest BCUT2D eigenvalue weighted by atomic mass is 32.2. The van der Waals surface area contributed by atoms with Crippen molar-refractivity contribution < 1.29 is 45.8 Å². The molecule has 0 saturated heterocycles. The number of nitrogens with one attached hydrogen (secondary N) is 2. The first kappa shape index (κ1) is 33.4. The molecule has 2 amide bonds. The highest BCUT2D eigenvalue weighted by Crippen LogP contribution is 2.26. The number of amides is 2. The van der Waals surface area contributed by atoms with E-state index in [0.717, 1.165) is 0 Å². The lowest BCUT2D eigenvalue weighted by Crippen LogP contribution is -2.44. The number of halogens is 3. The monoisotopic (exact) mass is 609 g/mol. The van der Waals surface area contributed by atoms with E-state index in [-0.39, 0.29) is 23.8 Å². The molecule has 9 N–H and O–H groups in total. The molecule has 0 heterocycles. The van der Waals surface area contributed by atoms with E-state index in [0.29, 0.717) is 27.8 Å². The summed E-state index contributed by atoms with van der Waals surface area (Å²) in [6, 6.07) is 18.8. The second kappa shape index (κ2) is 14.2. The van der Waals surface area contributed by atoms with Gasteiger partial charge in [0.2, 0.25) is 15.9 Å². The lowest BCUT2D eigenvalue weighted by molar-refractivity contribution is -0.192. The number of imide groups is 1. The summed E-state index contributed by atoms with van der Waals surface area (Å²) >= 11 is 0. The third-order valence-corrected chi connectivity index (χ3v) is 6.30. The number of primary sulfonamides is 1. The van der Waals surface area contributed by atoms with Gasteiger partial charge in [-0.1, -0.05) is 60.7 Å². The summed E-state index contributed by atoms with van der Waals surface area (Å²) in [5.41, 5.74) is 14.2. The molecule has 3 rings (SSSR count). The van der Waals surface area contributed by atoms with Gasteiger partial charge in [0.05, 0.1) is 10.9 Å². The van der Waals surface area contributed by atoms with Gasteiger partial charge in [-0.3, -0.25) is 15.5 Å². The molecule has 42 heavy (non-hydrogen) atoms. The van der Waals surface area contributed by atoms with Gasteiger partial charge in [0.15, 0.2) is 0 Å². The molecule has 0 aliphatic heterocycles. The molecule has 0 spiro atoms. The van der Waals surface area contributed by atoms with Gasteiger partial charge in [-0.05, 0) is 35.2 Å². The van der Waals surface area contributed by atoms with E-state index >= 15 is 0 Å². The molecule has 0 aromatic heterocycles. The van der Waals surface area contributed by atoms with Crippen LogP contribution in [0.25, 0.3) is 11.1 Å². The number of rotatable bonds is 8. The topological polar surface area (TPSA) is 229 Å². The van der Waals surface area contributed by atoms with Crippen LogP contribution in [0.2, 0.25) is 0 Å². The molecule has 0 unspecified atom stereocenters. The Kier molecular flexibility index (Phi) is 11.3. The van der Waals surface area contributed by atoms with Gasteiger partial charge >= 0.3 is 18.2 Å². The average Bonchev–Trinajstić information content (AvgIpc) is 2.91. The van der Waals surface area contributed by atoms with Crippen molar-refractivity contribution in [3.05, 3.63) is 89.5 Å². The van der Waals surface area contributed by atoms with Crippen molar-refractivity contribution in [3.63, 3.8) is 0 Å². The third kappa shape index (κ3) is 10.3. The Bertz CT molecular complexity index is 1560. The molecule has 16 heteroatoms. The van der Waals surface area contributed by atoms with Crippen molar-refractivity contribution in [1.82, 2.24) is 5.32 Å². The lowest BCUT2D eigenvalue weighted by Gasteiger charge is -2.13. The number of nitrogens with two attached hydrogens (primary N) is 3. The fourth-order valence-corrected chi connectivity index (χ4v) is 4.09. The van der Waals surface area contributed by atoms with Crippen molar-refractivity contribution in [2.75, 3.05) is 0 Å². The maximum absolute atomic E-state index is 12.2. The number of hydrogen-bond acceptors (Lipinski definition) is 8. The van der Waals surface area contributed by atoms with Gasteiger partial charge < -0.3 is 21.3 Å². The van der Waals surface area contributed by atoms with E-state index in [9.17, 15) is 31.2 Å². The first-order chi connectivity index (χ1) is 19.5. The zero-order chi connectivity index (χ0) is 31.7. The second-order valence-corrected chi connectivity index (χ2v) is 10.1. The SMILES string of the molecule is N=C(N)c1cccc(C[C@H](N)C(=O)NC(=O)OCc2ccc(-c3ccccc3S(N)(=O)=O)cc2)c1.O=C(O)C(F)(F)F. The van der Waals surface area contributed by atoms with Crippen LogP contribution in [0, 0.1) is 5.41 Å². The van der Waals surface area contributed by atoms with Crippen LogP contribution in [-0.2, 0) is 37.4 Å². The minimum absolute atomic E-state index is 0.00579. The molecule has 0 bridgehead atoms. The van der Waals surface area contributed by atoms with Crippen LogP contribution >= 0.6 is 0 Å². The van der Waals surface area contributed by atoms with Gasteiger partial charge in [-0.25, -0.2) is 23.1 Å². The minimum atomic E-state index is -5.08. The number of alkyl halides is 3. The number of aliphatic carboxylic acids is 1. The molecule has 0 aliphatic rings. The predicted octanol–water partition coefficient (Wildman–Crippen LogP) is 2.24. The lowest BCUT2D eigenvalue weighted by atomic mass is 10.0.